The number of nitrogens with one attached hydrogen (secondary N) is 1. The zero-order chi connectivity index (χ0) is 19.2. The fourth-order valence-electron chi connectivity index (χ4n) is 2.08. The first-order chi connectivity index (χ1) is 11.5. The Bertz CT molecular complexity index is 614. The van der Waals surface area contributed by atoms with Crippen molar-refractivity contribution in [1.29, 1.82) is 0 Å². The summed E-state index contributed by atoms with van der Waals surface area (Å²) >= 11 is 0. The second-order valence-corrected chi connectivity index (χ2v) is 6.71. The number of benzene rings is 1. The Kier molecular flexibility index (Phi) is 7.14. The lowest BCUT2D eigenvalue weighted by molar-refractivity contribution is -0.139. The monoisotopic (exact) mass is 359 g/mol. The Hall–Kier alpha value is -2.38. The van der Waals surface area contributed by atoms with E-state index in [1.165, 1.54) is 25.3 Å². The number of amides is 1. The summed E-state index contributed by atoms with van der Waals surface area (Å²) < 4.78 is 33.8. The summed E-state index contributed by atoms with van der Waals surface area (Å²) in [5.41, 5.74) is 0.0103. The summed E-state index contributed by atoms with van der Waals surface area (Å²) in [5, 5.41) is 11.7. The number of rotatable bonds is 8. The summed E-state index contributed by atoms with van der Waals surface area (Å²) in [4.78, 5) is 23.6. The lowest BCUT2D eigenvalue weighted by Crippen LogP contribution is -2.41. The van der Waals surface area contributed by atoms with Crippen LogP contribution in [-0.4, -0.2) is 36.7 Å². The van der Waals surface area contributed by atoms with Crippen LogP contribution in [0.5, 0.6) is 11.5 Å². The fourth-order valence-corrected chi connectivity index (χ4v) is 2.08. The topological polar surface area (TPSA) is 84.9 Å². The first-order valence-corrected chi connectivity index (χ1v) is 7.70. The minimum Gasteiger partial charge on any atom is -0.493 e. The Morgan fingerprint density at radius 1 is 1.24 bits per heavy atom. The van der Waals surface area contributed by atoms with Crippen LogP contribution in [0.4, 0.5) is 8.78 Å². The van der Waals surface area contributed by atoms with E-state index in [0.29, 0.717) is 6.42 Å². The molecular formula is C17H23F2NO5. The molecule has 8 heteroatoms. The number of carboxylic acid groups (broad SMARTS) is 1. The molecule has 0 heterocycles. The van der Waals surface area contributed by atoms with E-state index in [2.05, 4.69) is 10.1 Å². The third-order valence-electron chi connectivity index (χ3n) is 3.43. The molecule has 0 radical (unpaired) electrons. The lowest BCUT2D eigenvalue weighted by Gasteiger charge is -2.21. The summed E-state index contributed by atoms with van der Waals surface area (Å²) in [6.07, 6.45) is 0.878. The van der Waals surface area contributed by atoms with Gasteiger partial charge in [-0.25, -0.2) is 4.79 Å². The Morgan fingerprint density at radius 2 is 1.88 bits per heavy atom. The molecule has 0 aliphatic carbocycles. The van der Waals surface area contributed by atoms with Gasteiger partial charge >= 0.3 is 12.6 Å². The molecule has 0 saturated carbocycles. The van der Waals surface area contributed by atoms with Crippen LogP contribution in [0.25, 0.3) is 0 Å². The van der Waals surface area contributed by atoms with Gasteiger partial charge in [0.05, 0.1) is 7.11 Å². The van der Waals surface area contributed by atoms with Crippen LogP contribution in [-0.2, 0) is 4.79 Å². The third kappa shape index (κ3) is 6.94. The van der Waals surface area contributed by atoms with Crippen molar-refractivity contribution >= 4 is 11.9 Å². The van der Waals surface area contributed by atoms with Gasteiger partial charge in [-0.2, -0.15) is 8.78 Å². The number of halogens is 2. The molecule has 1 unspecified atom stereocenters. The zero-order valence-electron chi connectivity index (χ0n) is 14.6. The number of aliphatic carboxylic acids is 1. The largest absolute Gasteiger partial charge is 0.493 e. The normalized spacial score (nSPS) is 12.6. The average Bonchev–Trinajstić information content (AvgIpc) is 2.49. The highest BCUT2D eigenvalue weighted by Gasteiger charge is 2.24. The minimum atomic E-state index is -3.03. The minimum absolute atomic E-state index is 0.0467. The maximum Gasteiger partial charge on any atom is 0.387 e. The molecular weight excluding hydrogens is 336 g/mol. The lowest BCUT2D eigenvalue weighted by atomic mass is 9.88. The molecule has 0 bridgehead atoms. The van der Waals surface area contributed by atoms with E-state index in [9.17, 15) is 23.5 Å². The SMILES string of the molecule is COc1cc(C(=O)NC(CCC(C)(C)C)C(=O)O)ccc1OC(F)F. The highest BCUT2D eigenvalue weighted by Crippen LogP contribution is 2.29. The van der Waals surface area contributed by atoms with Gasteiger partial charge in [0, 0.05) is 5.56 Å². The predicted molar refractivity (Wildman–Crippen MR) is 87.2 cm³/mol. The van der Waals surface area contributed by atoms with Crippen molar-refractivity contribution in [3.05, 3.63) is 23.8 Å². The van der Waals surface area contributed by atoms with E-state index < -0.39 is 24.5 Å². The van der Waals surface area contributed by atoms with Crippen molar-refractivity contribution in [2.45, 2.75) is 46.3 Å². The van der Waals surface area contributed by atoms with Gasteiger partial charge in [-0.1, -0.05) is 20.8 Å². The van der Waals surface area contributed by atoms with Crippen LogP contribution in [0.3, 0.4) is 0 Å². The Labute approximate surface area is 145 Å². The molecule has 0 spiro atoms. The molecule has 1 aromatic carbocycles. The number of ether oxygens (including phenoxy) is 2. The van der Waals surface area contributed by atoms with Crippen LogP contribution in [0.15, 0.2) is 18.2 Å². The standard InChI is InChI=1S/C17H23F2NO5/c1-17(2,3)8-7-11(15(22)23)20-14(21)10-5-6-12(25-16(18)19)13(9-10)24-4/h5-6,9,11,16H,7-8H2,1-4H3,(H,20,21)(H,22,23). The van der Waals surface area contributed by atoms with Gasteiger partial charge in [0.2, 0.25) is 0 Å². The van der Waals surface area contributed by atoms with Crippen LogP contribution in [0.1, 0.15) is 44.0 Å². The molecule has 1 amide bonds. The van der Waals surface area contributed by atoms with Gasteiger partial charge in [-0.3, -0.25) is 4.79 Å². The molecule has 0 aliphatic rings. The zero-order valence-corrected chi connectivity index (χ0v) is 14.6. The summed E-state index contributed by atoms with van der Waals surface area (Å²) in [6, 6.07) is 2.61. The number of carbonyl (C=O) groups excluding carboxylic acids is 1. The van der Waals surface area contributed by atoms with Crippen LogP contribution < -0.4 is 14.8 Å². The van der Waals surface area contributed by atoms with Gasteiger partial charge in [0.25, 0.3) is 5.91 Å². The van der Waals surface area contributed by atoms with Crippen molar-refractivity contribution < 1.29 is 33.0 Å². The molecule has 0 aliphatic heterocycles. The predicted octanol–water partition coefficient (Wildman–Crippen LogP) is 3.31. The Morgan fingerprint density at radius 3 is 2.36 bits per heavy atom. The van der Waals surface area contributed by atoms with Gasteiger partial charge in [-0.05, 0) is 36.5 Å². The van der Waals surface area contributed by atoms with E-state index in [1.54, 1.807) is 0 Å². The molecule has 0 aromatic heterocycles. The Balaban J connectivity index is 2.88. The first kappa shape index (κ1) is 20.7. The second kappa shape index (κ2) is 8.64. The van der Waals surface area contributed by atoms with Gasteiger partial charge in [0.1, 0.15) is 6.04 Å². The van der Waals surface area contributed by atoms with E-state index in [-0.39, 0.29) is 28.9 Å². The second-order valence-electron chi connectivity index (χ2n) is 6.71. The maximum atomic E-state index is 12.3. The summed E-state index contributed by atoms with van der Waals surface area (Å²) in [7, 11) is 1.25. The van der Waals surface area contributed by atoms with E-state index in [4.69, 9.17) is 4.74 Å². The molecule has 140 valence electrons. The number of hydrogen-bond acceptors (Lipinski definition) is 4. The molecule has 1 atom stereocenters. The van der Waals surface area contributed by atoms with Gasteiger partial charge in [0.15, 0.2) is 11.5 Å². The number of hydrogen-bond donors (Lipinski definition) is 2. The smallest absolute Gasteiger partial charge is 0.387 e. The van der Waals surface area contributed by atoms with Crippen molar-refractivity contribution in [3.8, 4) is 11.5 Å². The number of alkyl halides is 2. The molecule has 6 nitrogen and oxygen atoms in total. The molecule has 2 N–H and O–H groups in total. The molecule has 25 heavy (non-hydrogen) atoms. The summed E-state index contributed by atoms with van der Waals surface area (Å²) in [6.45, 7) is 2.89. The third-order valence-corrected chi connectivity index (χ3v) is 3.43. The first-order valence-electron chi connectivity index (χ1n) is 7.70. The van der Waals surface area contributed by atoms with Crippen molar-refractivity contribution in [3.63, 3.8) is 0 Å². The number of carboxylic acids is 1. The highest BCUT2D eigenvalue weighted by molar-refractivity contribution is 5.97. The quantitative estimate of drug-likeness (QED) is 0.744. The van der Waals surface area contributed by atoms with E-state index >= 15 is 0 Å². The fraction of sp³-hybridized carbons (Fsp3) is 0.529. The molecule has 0 fully saturated rings. The van der Waals surface area contributed by atoms with Gasteiger partial charge < -0.3 is 19.9 Å². The highest BCUT2D eigenvalue weighted by atomic mass is 19.3. The molecule has 1 rings (SSSR count). The summed E-state index contributed by atoms with van der Waals surface area (Å²) in [5.74, 6) is -2.03. The van der Waals surface area contributed by atoms with Crippen molar-refractivity contribution in [1.82, 2.24) is 5.32 Å². The van der Waals surface area contributed by atoms with E-state index in [0.717, 1.165) is 0 Å². The average molecular weight is 359 g/mol. The molecule has 1 aromatic rings. The van der Waals surface area contributed by atoms with E-state index in [1.807, 2.05) is 20.8 Å². The molecule has 0 saturated heterocycles. The van der Waals surface area contributed by atoms with Crippen LogP contribution in [0, 0.1) is 5.41 Å². The van der Waals surface area contributed by atoms with Crippen LogP contribution in [0.2, 0.25) is 0 Å². The van der Waals surface area contributed by atoms with Crippen molar-refractivity contribution in [2.75, 3.05) is 7.11 Å². The van der Waals surface area contributed by atoms with Gasteiger partial charge in [-0.15, -0.1) is 0 Å². The van der Waals surface area contributed by atoms with Crippen molar-refractivity contribution in [2.24, 2.45) is 5.41 Å². The number of carbonyl (C=O) groups is 2. The maximum absolute atomic E-state index is 12.3. The van der Waals surface area contributed by atoms with Crippen LogP contribution >= 0.6 is 0 Å². The number of methoxy groups -OCH3 is 1.